The van der Waals surface area contributed by atoms with E-state index in [1.54, 1.807) is 20.4 Å². The summed E-state index contributed by atoms with van der Waals surface area (Å²) in [4.78, 5) is 4.38. The topological polar surface area (TPSA) is 72.7 Å². The maximum atomic E-state index is 5.99. The first-order valence-corrected chi connectivity index (χ1v) is 10.9. The number of nitrogens with zero attached hydrogens (tertiary/aromatic N) is 3. The number of aryl methyl sites for hydroxylation is 1. The first kappa shape index (κ1) is 26.7. The number of methoxy groups -OCH3 is 1. The Morgan fingerprint density at radius 3 is 2.45 bits per heavy atom. The zero-order valence-corrected chi connectivity index (χ0v) is 21.9. The molecule has 8 heteroatoms. The largest absolute Gasteiger partial charge is 0.493 e. The molecule has 0 aliphatic rings. The van der Waals surface area contributed by atoms with Crippen LogP contribution in [-0.4, -0.2) is 43.1 Å². The third-order valence-corrected chi connectivity index (χ3v) is 5.10. The summed E-state index contributed by atoms with van der Waals surface area (Å²) < 4.78 is 13.0. The van der Waals surface area contributed by atoms with Crippen LogP contribution < -0.4 is 15.4 Å². The van der Waals surface area contributed by atoms with Crippen molar-refractivity contribution in [1.29, 1.82) is 0 Å². The van der Waals surface area contributed by atoms with Crippen molar-refractivity contribution < 1.29 is 9.47 Å². The van der Waals surface area contributed by atoms with Gasteiger partial charge in [0.25, 0.3) is 0 Å². The van der Waals surface area contributed by atoms with E-state index in [4.69, 9.17) is 9.47 Å². The van der Waals surface area contributed by atoms with Gasteiger partial charge in [0.1, 0.15) is 5.75 Å². The van der Waals surface area contributed by atoms with Crippen molar-refractivity contribution in [2.75, 3.05) is 27.4 Å². The number of rotatable bonds is 11. The highest BCUT2D eigenvalue weighted by Gasteiger charge is 2.08. The molecule has 1 aromatic heterocycles. The van der Waals surface area contributed by atoms with Gasteiger partial charge in [0, 0.05) is 58.2 Å². The second-order valence-corrected chi connectivity index (χ2v) is 7.56. The van der Waals surface area contributed by atoms with Gasteiger partial charge in [-0.1, -0.05) is 36.4 Å². The molecule has 0 radical (unpaired) electrons. The Morgan fingerprint density at radius 1 is 1.00 bits per heavy atom. The fraction of sp³-hybridized carbons (Fsp3) is 0.360. The molecule has 3 aromatic rings. The normalized spacial score (nSPS) is 11.1. The molecule has 2 N–H and O–H groups in total. The van der Waals surface area contributed by atoms with Gasteiger partial charge < -0.3 is 20.1 Å². The van der Waals surface area contributed by atoms with Crippen LogP contribution in [-0.2, 0) is 24.4 Å². The van der Waals surface area contributed by atoms with Crippen LogP contribution >= 0.6 is 24.0 Å². The molecule has 0 amide bonds. The Kier molecular flexibility index (Phi) is 11.7. The molecule has 2 aromatic carbocycles. The predicted molar refractivity (Wildman–Crippen MR) is 143 cm³/mol. The molecule has 0 unspecified atom stereocenters. The van der Waals surface area contributed by atoms with E-state index in [1.807, 2.05) is 16.9 Å². The van der Waals surface area contributed by atoms with Crippen LogP contribution in [0.1, 0.15) is 28.7 Å². The standard InChI is InChI=1S/C25H33N5O2.HI/c1-20-10-11-22(24(16-20)32-15-7-14-31-3)18-28-25(26-2)27-17-21-8-4-5-9-23(21)19-30-13-6-12-29-30;/h4-6,8-13,16H,7,14-15,17-19H2,1-3H3,(H2,26,27,28);1H. The van der Waals surface area contributed by atoms with E-state index in [0.29, 0.717) is 26.3 Å². The summed E-state index contributed by atoms with van der Waals surface area (Å²) in [5.41, 5.74) is 4.70. The third kappa shape index (κ3) is 8.70. The number of guanidine groups is 1. The van der Waals surface area contributed by atoms with E-state index in [-0.39, 0.29) is 24.0 Å². The molecular weight excluding hydrogens is 529 g/mol. The molecule has 0 bridgehead atoms. The van der Waals surface area contributed by atoms with Crippen molar-refractivity contribution in [3.63, 3.8) is 0 Å². The summed E-state index contributed by atoms with van der Waals surface area (Å²) in [7, 11) is 3.48. The van der Waals surface area contributed by atoms with Gasteiger partial charge in [-0.05, 0) is 35.7 Å². The van der Waals surface area contributed by atoms with Crippen LogP contribution in [0.25, 0.3) is 0 Å². The van der Waals surface area contributed by atoms with Gasteiger partial charge in [-0.2, -0.15) is 5.10 Å². The van der Waals surface area contributed by atoms with Gasteiger partial charge in [0.05, 0.1) is 13.2 Å². The van der Waals surface area contributed by atoms with Gasteiger partial charge in [0.2, 0.25) is 0 Å². The number of aliphatic imine (C=N–C) groups is 1. The lowest BCUT2D eigenvalue weighted by Gasteiger charge is -2.16. The van der Waals surface area contributed by atoms with E-state index in [9.17, 15) is 0 Å². The quantitative estimate of drug-likeness (QED) is 0.159. The highest BCUT2D eigenvalue weighted by atomic mass is 127. The number of halogens is 1. The lowest BCUT2D eigenvalue weighted by Crippen LogP contribution is -2.36. The van der Waals surface area contributed by atoms with Crippen LogP contribution in [0.5, 0.6) is 5.75 Å². The number of aromatic nitrogens is 2. The van der Waals surface area contributed by atoms with E-state index in [1.165, 1.54) is 16.7 Å². The summed E-state index contributed by atoms with van der Waals surface area (Å²) in [5, 5.41) is 11.1. The Labute approximate surface area is 213 Å². The Balaban J connectivity index is 0.00000385. The molecule has 0 fully saturated rings. The predicted octanol–water partition coefficient (Wildman–Crippen LogP) is 4.14. The molecule has 0 aliphatic carbocycles. The van der Waals surface area contributed by atoms with Crippen molar-refractivity contribution in [1.82, 2.24) is 20.4 Å². The minimum atomic E-state index is 0. The van der Waals surface area contributed by atoms with Crippen LogP contribution in [0.4, 0.5) is 0 Å². The summed E-state index contributed by atoms with van der Waals surface area (Å²) in [6, 6.07) is 16.6. The van der Waals surface area contributed by atoms with Crippen molar-refractivity contribution in [3.05, 3.63) is 83.2 Å². The van der Waals surface area contributed by atoms with Crippen molar-refractivity contribution in [2.24, 2.45) is 4.99 Å². The number of benzene rings is 2. The lowest BCUT2D eigenvalue weighted by molar-refractivity contribution is 0.171. The molecule has 3 rings (SSSR count). The smallest absolute Gasteiger partial charge is 0.191 e. The van der Waals surface area contributed by atoms with E-state index >= 15 is 0 Å². The average molecular weight is 563 g/mol. The molecule has 0 spiro atoms. The van der Waals surface area contributed by atoms with Crippen molar-refractivity contribution in [3.8, 4) is 5.75 Å². The SMILES string of the molecule is CN=C(NCc1ccccc1Cn1cccn1)NCc1ccc(C)cc1OCCCOC.I. The highest BCUT2D eigenvalue weighted by molar-refractivity contribution is 14.0. The molecule has 1 heterocycles. The van der Waals surface area contributed by atoms with Gasteiger partial charge in [0.15, 0.2) is 5.96 Å². The van der Waals surface area contributed by atoms with Crippen LogP contribution in [0, 0.1) is 6.92 Å². The van der Waals surface area contributed by atoms with Crippen LogP contribution in [0.2, 0.25) is 0 Å². The molecule has 33 heavy (non-hydrogen) atoms. The maximum absolute atomic E-state index is 5.99. The average Bonchev–Trinajstić information content (AvgIpc) is 3.32. The number of ether oxygens (including phenoxy) is 2. The van der Waals surface area contributed by atoms with Gasteiger partial charge in [-0.15, -0.1) is 24.0 Å². The molecule has 0 atom stereocenters. The second kappa shape index (κ2) is 14.5. The molecular formula is C25H34IN5O2. The first-order chi connectivity index (χ1) is 15.7. The summed E-state index contributed by atoms with van der Waals surface area (Å²) in [6.45, 7) is 5.42. The molecule has 7 nitrogen and oxygen atoms in total. The minimum Gasteiger partial charge on any atom is -0.493 e. The van der Waals surface area contributed by atoms with E-state index in [0.717, 1.165) is 30.2 Å². The van der Waals surface area contributed by atoms with E-state index < -0.39 is 0 Å². The summed E-state index contributed by atoms with van der Waals surface area (Å²) in [6.07, 6.45) is 4.63. The van der Waals surface area contributed by atoms with Gasteiger partial charge in [-0.3, -0.25) is 9.67 Å². The zero-order valence-electron chi connectivity index (χ0n) is 19.6. The first-order valence-electron chi connectivity index (χ1n) is 10.9. The minimum absolute atomic E-state index is 0. The number of hydrogen-bond donors (Lipinski definition) is 2. The second-order valence-electron chi connectivity index (χ2n) is 7.56. The zero-order chi connectivity index (χ0) is 22.6. The van der Waals surface area contributed by atoms with Gasteiger partial charge >= 0.3 is 0 Å². The van der Waals surface area contributed by atoms with Crippen molar-refractivity contribution >= 4 is 29.9 Å². The Morgan fingerprint density at radius 2 is 1.76 bits per heavy atom. The highest BCUT2D eigenvalue weighted by Crippen LogP contribution is 2.20. The number of nitrogens with one attached hydrogen (secondary N) is 2. The summed E-state index contributed by atoms with van der Waals surface area (Å²) >= 11 is 0. The monoisotopic (exact) mass is 563 g/mol. The Bertz CT molecular complexity index is 992. The molecule has 0 aliphatic heterocycles. The Hall–Kier alpha value is -2.59. The molecule has 178 valence electrons. The van der Waals surface area contributed by atoms with E-state index in [2.05, 4.69) is 70.1 Å². The molecule has 0 saturated heterocycles. The molecule has 0 saturated carbocycles. The lowest BCUT2D eigenvalue weighted by atomic mass is 10.1. The van der Waals surface area contributed by atoms with Crippen LogP contribution in [0.15, 0.2) is 65.9 Å². The fourth-order valence-corrected chi connectivity index (χ4v) is 3.36. The number of hydrogen-bond acceptors (Lipinski definition) is 4. The van der Waals surface area contributed by atoms with Crippen LogP contribution in [0.3, 0.4) is 0 Å². The fourth-order valence-electron chi connectivity index (χ4n) is 3.36. The maximum Gasteiger partial charge on any atom is 0.191 e. The van der Waals surface area contributed by atoms with Crippen molar-refractivity contribution in [2.45, 2.75) is 33.0 Å². The summed E-state index contributed by atoms with van der Waals surface area (Å²) in [5.74, 6) is 1.64. The third-order valence-electron chi connectivity index (χ3n) is 5.10. The van der Waals surface area contributed by atoms with Gasteiger partial charge in [-0.25, -0.2) is 0 Å².